The molecule has 0 amide bonds. The maximum Gasteiger partial charge on any atom is 0.188 e. The topological polar surface area (TPSA) is 92.4 Å². The summed E-state index contributed by atoms with van der Waals surface area (Å²) in [5.41, 5.74) is 3.25. The number of hydrogen-bond donors (Lipinski definition) is 1. The van der Waals surface area contributed by atoms with Crippen molar-refractivity contribution >= 4 is 0 Å². The van der Waals surface area contributed by atoms with Crippen molar-refractivity contribution in [2.24, 2.45) is 0 Å². The molecule has 0 aliphatic heterocycles. The van der Waals surface area contributed by atoms with Gasteiger partial charge in [0, 0.05) is 31.4 Å². The monoisotopic (exact) mass is 453 g/mol. The van der Waals surface area contributed by atoms with E-state index in [-0.39, 0.29) is 13.6 Å². The molecule has 1 aromatic heterocycles. The van der Waals surface area contributed by atoms with Crippen LogP contribution in [-0.2, 0) is 9.47 Å². The lowest BCUT2D eigenvalue weighted by molar-refractivity contribution is 0.0449. The van der Waals surface area contributed by atoms with Crippen LogP contribution in [0.4, 0.5) is 0 Å². The third kappa shape index (κ3) is 5.46. The normalized spacial score (nSPS) is 11.5. The van der Waals surface area contributed by atoms with Crippen molar-refractivity contribution in [2.75, 3.05) is 34.9 Å². The molecule has 0 bridgehead atoms. The summed E-state index contributed by atoms with van der Waals surface area (Å²) in [7, 11) is 4.65. The fraction of sp³-hybridized carbons (Fsp3) is 0.320. The molecule has 174 valence electrons. The first-order chi connectivity index (χ1) is 16.0. The van der Waals surface area contributed by atoms with Gasteiger partial charge in [0.1, 0.15) is 34.8 Å². The average molecular weight is 453 g/mol. The molecule has 3 rings (SSSR count). The molecule has 0 saturated carbocycles. The number of methoxy groups -OCH3 is 3. The van der Waals surface area contributed by atoms with E-state index in [2.05, 4.69) is 17.0 Å². The van der Waals surface area contributed by atoms with Crippen LogP contribution in [0, 0.1) is 18.8 Å². The first-order valence-electron chi connectivity index (χ1n) is 10.2. The fourth-order valence-corrected chi connectivity index (χ4v) is 3.33. The van der Waals surface area contributed by atoms with E-state index in [9.17, 15) is 5.11 Å². The van der Waals surface area contributed by atoms with Crippen molar-refractivity contribution < 1.29 is 33.3 Å². The van der Waals surface area contributed by atoms with E-state index in [1.807, 2.05) is 31.2 Å². The summed E-state index contributed by atoms with van der Waals surface area (Å²) in [6, 6.07) is 11.0. The Hall–Kier alpha value is -3.51. The van der Waals surface area contributed by atoms with Crippen LogP contribution in [0.5, 0.6) is 17.2 Å². The van der Waals surface area contributed by atoms with Crippen molar-refractivity contribution in [2.45, 2.75) is 20.0 Å². The van der Waals surface area contributed by atoms with E-state index in [0.29, 0.717) is 34.1 Å². The maximum absolute atomic E-state index is 10.7. The number of rotatable bonds is 10. The van der Waals surface area contributed by atoms with Gasteiger partial charge in [-0.25, -0.2) is 0 Å². The van der Waals surface area contributed by atoms with E-state index >= 15 is 0 Å². The lowest BCUT2D eigenvalue weighted by atomic mass is 9.96. The molecule has 0 aliphatic carbocycles. The van der Waals surface area contributed by atoms with E-state index in [1.165, 1.54) is 14.2 Å². The Kier molecular flexibility index (Phi) is 8.33. The van der Waals surface area contributed by atoms with E-state index in [0.717, 1.165) is 16.9 Å². The lowest BCUT2D eigenvalue weighted by Crippen LogP contribution is -2.07. The number of aliphatic hydroxyl groups excluding tert-OH is 1. The van der Waals surface area contributed by atoms with Crippen LogP contribution in [0.25, 0.3) is 22.4 Å². The number of nitrogens with zero attached hydrogens (tertiary/aromatic N) is 1. The predicted molar refractivity (Wildman–Crippen MR) is 122 cm³/mol. The molecule has 8 heteroatoms. The van der Waals surface area contributed by atoms with Crippen molar-refractivity contribution in [3.8, 4) is 51.5 Å². The smallest absolute Gasteiger partial charge is 0.188 e. The summed E-state index contributed by atoms with van der Waals surface area (Å²) in [6.45, 7) is 3.48. The second-order valence-electron chi connectivity index (χ2n) is 6.98. The Balaban J connectivity index is 2.21. The molecule has 1 N–H and O–H groups in total. The van der Waals surface area contributed by atoms with Gasteiger partial charge in [0.15, 0.2) is 13.6 Å². The van der Waals surface area contributed by atoms with Crippen LogP contribution in [0.3, 0.4) is 0 Å². The highest BCUT2D eigenvalue weighted by Gasteiger charge is 2.24. The highest BCUT2D eigenvalue weighted by atomic mass is 16.7. The van der Waals surface area contributed by atoms with E-state index < -0.39 is 6.10 Å². The summed E-state index contributed by atoms with van der Waals surface area (Å²) >= 11 is 0. The number of benzene rings is 2. The SMILES string of the molecule is CC#CC(O)c1cc(-c2noc(C)c2-c2ccc(OC)cc2)c(OCOC)cc1OCOC. The molecule has 3 aromatic rings. The first-order valence-corrected chi connectivity index (χ1v) is 10.2. The summed E-state index contributed by atoms with van der Waals surface area (Å²) in [5.74, 6) is 7.64. The van der Waals surface area contributed by atoms with Gasteiger partial charge in [-0.3, -0.25) is 0 Å². The van der Waals surface area contributed by atoms with Gasteiger partial charge < -0.3 is 33.3 Å². The van der Waals surface area contributed by atoms with Gasteiger partial charge in [0.25, 0.3) is 0 Å². The van der Waals surface area contributed by atoms with Gasteiger partial charge in [0.05, 0.1) is 12.7 Å². The minimum Gasteiger partial charge on any atom is -0.497 e. The van der Waals surface area contributed by atoms with Crippen molar-refractivity contribution in [3.63, 3.8) is 0 Å². The number of aromatic nitrogens is 1. The van der Waals surface area contributed by atoms with Gasteiger partial charge >= 0.3 is 0 Å². The lowest BCUT2D eigenvalue weighted by Gasteiger charge is -2.18. The number of aliphatic hydroxyl groups is 1. The third-order valence-electron chi connectivity index (χ3n) is 4.85. The molecule has 0 spiro atoms. The molecular weight excluding hydrogens is 426 g/mol. The first kappa shape index (κ1) is 24.1. The molecule has 1 unspecified atom stereocenters. The van der Waals surface area contributed by atoms with Crippen LogP contribution in [0.1, 0.15) is 24.4 Å². The molecule has 33 heavy (non-hydrogen) atoms. The molecule has 1 heterocycles. The highest BCUT2D eigenvalue weighted by molar-refractivity contribution is 5.85. The highest BCUT2D eigenvalue weighted by Crippen LogP contribution is 2.43. The zero-order valence-corrected chi connectivity index (χ0v) is 19.3. The Morgan fingerprint density at radius 3 is 2.27 bits per heavy atom. The molecule has 1 atom stereocenters. The van der Waals surface area contributed by atoms with Crippen molar-refractivity contribution in [1.29, 1.82) is 0 Å². The van der Waals surface area contributed by atoms with Gasteiger partial charge in [-0.15, -0.1) is 5.92 Å². The third-order valence-corrected chi connectivity index (χ3v) is 4.85. The number of hydrogen-bond acceptors (Lipinski definition) is 8. The van der Waals surface area contributed by atoms with Gasteiger partial charge in [-0.2, -0.15) is 0 Å². The quantitative estimate of drug-likeness (QED) is 0.358. The minimum absolute atomic E-state index is 0.00207. The second-order valence-corrected chi connectivity index (χ2v) is 6.98. The van der Waals surface area contributed by atoms with Crippen LogP contribution in [0.15, 0.2) is 40.9 Å². The van der Waals surface area contributed by atoms with Crippen LogP contribution < -0.4 is 14.2 Å². The second kappa shape index (κ2) is 11.4. The van der Waals surface area contributed by atoms with Crippen LogP contribution in [0.2, 0.25) is 0 Å². The minimum atomic E-state index is -1.09. The van der Waals surface area contributed by atoms with Gasteiger partial charge in [-0.1, -0.05) is 23.2 Å². The van der Waals surface area contributed by atoms with Crippen molar-refractivity contribution in [1.82, 2.24) is 5.16 Å². The number of aryl methyl sites for hydroxylation is 1. The predicted octanol–water partition coefficient (Wildman–Crippen LogP) is 4.35. The molecule has 2 aromatic carbocycles. The van der Waals surface area contributed by atoms with Crippen LogP contribution >= 0.6 is 0 Å². The molecular formula is C25H27NO7. The maximum atomic E-state index is 10.7. The number of ether oxygens (including phenoxy) is 5. The van der Waals surface area contributed by atoms with Crippen molar-refractivity contribution in [3.05, 3.63) is 47.7 Å². The van der Waals surface area contributed by atoms with Gasteiger partial charge in [0.2, 0.25) is 0 Å². The van der Waals surface area contributed by atoms with E-state index in [1.54, 1.807) is 26.2 Å². The standard InChI is InChI=1S/C25H27NO7/c1-6-7-21(27)19-12-20(23(32-15-29-4)13-22(19)31-14-28-3)25-24(16(2)33-26-25)17-8-10-18(30-5)11-9-17/h8-13,21,27H,14-15H2,1-5H3. The summed E-state index contributed by atoms with van der Waals surface area (Å²) < 4.78 is 32.5. The Labute approximate surface area is 193 Å². The summed E-state index contributed by atoms with van der Waals surface area (Å²) in [6.07, 6.45) is -1.09. The summed E-state index contributed by atoms with van der Waals surface area (Å²) in [4.78, 5) is 0. The zero-order chi connectivity index (χ0) is 23.8. The zero-order valence-electron chi connectivity index (χ0n) is 19.3. The Bertz CT molecular complexity index is 1130. The molecule has 0 saturated heterocycles. The van der Waals surface area contributed by atoms with E-state index in [4.69, 9.17) is 28.2 Å². The molecule has 0 radical (unpaired) electrons. The van der Waals surface area contributed by atoms with Crippen LogP contribution in [-0.4, -0.2) is 45.2 Å². The summed E-state index contributed by atoms with van der Waals surface area (Å²) in [5, 5.41) is 15.0. The van der Waals surface area contributed by atoms with Gasteiger partial charge in [-0.05, 0) is 37.6 Å². The average Bonchev–Trinajstić information content (AvgIpc) is 3.22. The Morgan fingerprint density at radius 2 is 1.67 bits per heavy atom. The molecule has 8 nitrogen and oxygen atoms in total. The molecule has 0 aliphatic rings. The largest absolute Gasteiger partial charge is 0.497 e. The molecule has 0 fully saturated rings. The Morgan fingerprint density at radius 1 is 1.00 bits per heavy atom. The fourth-order valence-electron chi connectivity index (χ4n) is 3.33.